The van der Waals surface area contributed by atoms with Crippen molar-refractivity contribution < 1.29 is 19.1 Å². The molecular weight excluding hydrogens is 679 g/mol. The summed E-state index contributed by atoms with van der Waals surface area (Å²) in [5.74, 6) is 1.16. The average Bonchev–Trinajstić information content (AvgIpc) is 3.73. The van der Waals surface area contributed by atoms with E-state index in [-0.39, 0.29) is 23.9 Å². The Balaban J connectivity index is 1.08. The first kappa shape index (κ1) is 34.1. The highest BCUT2D eigenvalue weighted by molar-refractivity contribution is 6.39. The van der Waals surface area contributed by atoms with Gasteiger partial charge in [-0.1, -0.05) is 59.6 Å². The van der Waals surface area contributed by atoms with E-state index in [0.717, 1.165) is 49.3 Å². The van der Waals surface area contributed by atoms with E-state index in [1.54, 1.807) is 26.6 Å². The summed E-state index contributed by atoms with van der Waals surface area (Å²) in [5, 5.41) is 7.22. The number of aromatic nitrogens is 4. The first-order valence-electron chi connectivity index (χ1n) is 16.7. The predicted molar refractivity (Wildman–Crippen MR) is 190 cm³/mol. The van der Waals surface area contributed by atoms with E-state index in [2.05, 4.69) is 20.5 Å². The lowest BCUT2D eigenvalue weighted by molar-refractivity contribution is -0.133. The maximum Gasteiger partial charge on any atom is 0.237 e. The third-order valence-corrected chi connectivity index (χ3v) is 10.3. The molecule has 0 aliphatic carbocycles. The number of likely N-dealkylation sites (tertiary alicyclic amines) is 2. The van der Waals surface area contributed by atoms with Crippen LogP contribution in [0.5, 0.6) is 11.8 Å². The molecule has 2 amide bonds. The van der Waals surface area contributed by atoms with Crippen molar-refractivity contribution in [2.24, 2.45) is 0 Å². The Kier molecular flexibility index (Phi) is 10.1. The van der Waals surface area contributed by atoms with Crippen molar-refractivity contribution in [3.05, 3.63) is 70.2 Å². The van der Waals surface area contributed by atoms with Gasteiger partial charge in [0, 0.05) is 80.4 Å². The third kappa shape index (κ3) is 6.98. The van der Waals surface area contributed by atoms with Crippen molar-refractivity contribution in [3.8, 4) is 45.4 Å². The Morgan fingerprint density at radius 3 is 2.02 bits per heavy atom. The van der Waals surface area contributed by atoms with Crippen LogP contribution in [0.3, 0.4) is 0 Å². The SMILES string of the molecule is COc1nc(-c2cccc(-c3cccc(-c4cnc(CN5CC(N6CCCC6=O)C5)c(OC)n4)c3Cl)c2Cl)cnc1CNC[C@@H]1CCC(=O)N1. The summed E-state index contributed by atoms with van der Waals surface area (Å²) in [6.45, 7) is 4.13. The van der Waals surface area contributed by atoms with Gasteiger partial charge in [-0.15, -0.1) is 0 Å². The van der Waals surface area contributed by atoms with Crippen LogP contribution in [0.25, 0.3) is 33.6 Å². The molecule has 0 saturated carbocycles. The number of amides is 2. The number of methoxy groups -OCH3 is 2. The van der Waals surface area contributed by atoms with E-state index in [9.17, 15) is 9.59 Å². The first-order valence-corrected chi connectivity index (χ1v) is 17.5. The molecule has 2 aromatic carbocycles. The second kappa shape index (κ2) is 14.9. The monoisotopic (exact) mass is 716 g/mol. The Labute approximate surface area is 300 Å². The molecule has 2 N–H and O–H groups in total. The molecule has 0 spiro atoms. The Morgan fingerprint density at radius 2 is 1.46 bits per heavy atom. The lowest BCUT2D eigenvalue weighted by Gasteiger charge is -2.43. The van der Waals surface area contributed by atoms with Crippen molar-refractivity contribution in [2.75, 3.05) is 40.4 Å². The number of nitrogens with one attached hydrogen (secondary N) is 2. The Morgan fingerprint density at radius 1 is 0.860 bits per heavy atom. The van der Waals surface area contributed by atoms with E-state index in [1.807, 2.05) is 41.3 Å². The van der Waals surface area contributed by atoms with Crippen LogP contribution in [0.15, 0.2) is 48.8 Å². The van der Waals surface area contributed by atoms with E-state index in [4.69, 9.17) is 47.6 Å². The van der Waals surface area contributed by atoms with Crippen molar-refractivity contribution in [3.63, 3.8) is 0 Å². The lowest BCUT2D eigenvalue weighted by Crippen LogP contribution is -2.59. The van der Waals surface area contributed by atoms with Crippen LogP contribution in [0.4, 0.5) is 0 Å². The smallest absolute Gasteiger partial charge is 0.237 e. The minimum atomic E-state index is 0.0822. The summed E-state index contributed by atoms with van der Waals surface area (Å²) in [6.07, 6.45) is 6.35. The standard InChI is InChI=1S/C36H38Cl2N8O4/c1-49-35-29(15-39-14-21-11-12-31(47)42-21)40-16-27(43-35)25-8-3-6-23(33(25)37)24-7-4-9-26(34(24)38)28-17-41-30(36(44-28)50-2)20-45-18-22(19-45)46-13-5-10-32(46)48/h3-4,6-9,16-17,21-22,39H,5,10-15,18-20H2,1-2H3,(H,42,47)/t21-/m0/s1. The molecular formula is C36H38Cl2N8O4. The van der Waals surface area contributed by atoms with Gasteiger partial charge in [-0.2, -0.15) is 0 Å². The number of benzene rings is 2. The molecule has 3 aliphatic heterocycles. The van der Waals surface area contributed by atoms with Gasteiger partial charge in [-0.3, -0.25) is 24.5 Å². The van der Waals surface area contributed by atoms with Crippen LogP contribution in [0.2, 0.25) is 10.0 Å². The molecule has 0 unspecified atom stereocenters. The van der Waals surface area contributed by atoms with Crippen LogP contribution >= 0.6 is 23.2 Å². The van der Waals surface area contributed by atoms with Gasteiger partial charge in [0.15, 0.2) is 0 Å². The zero-order valence-corrected chi connectivity index (χ0v) is 29.4. The van der Waals surface area contributed by atoms with Crippen molar-refractivity contribution >= 4 is 35.0 Å². The van der Waals surface area contributed by atoms with Crippen LogP contribution in [0, 0.1) is 0 Å². The molecule has 7 rings (SSSR count). The highest BCUT2D eigenvalue weighted by Crippen LogP contribution is 2.42. The number of ether oxygens (including phenoxy) is 2. The fraction of sp³-hybridized carbons (Fsp3) is 0.389. The highest BCUT2D eigenvalue weighted by atomic mass is 35.5. The van der Waals surface area contributed by atoms with E-state index < -0.39 is 0 Å². The summed E-state index contributed by atoms with van der Waals surface area (Å²) in [7, 11) is 3.14. The summed E-state index contributed by atoms with van der Waals surface area (Å²) >= 11 is 14.1. The van der Waals surface area contributed by atoms with E-state index in [0.29, 0.717) is 82.5 Å². The number of carbonyl (C=O) groups is 2. The maximum atomic E-state index is 12.1. The van der Waals surface area contributed by atoms with Gasteiger partial charge in [0.25, 0.3) is 0 Å². The van der Waals surface area contributed by atoms with Gasteiger partial charge < -0.3 is 25.0 Å². The largest absolute Gasteiger partial charge is 0.480 e. The lowest BCUT2D eigenvalue weighted by atomic mass is 9.98. The molecule has 4 aromatic rings. The summed E-state index contributed by atoms with van der Waals surface area (Å²) in [6, 6.07) is 11.8. The van der Waals surface area contributed by atoms with E-state index in [1.165, 1.54) is 0 Å². The molecule has 5 heterocycles. The number of hydrogen-bond acceptors (Lipinski definition) is 10. The average molecular weight is 718 g/mol. The van der Waals surface area contributed by atoms with Gasteiger partial charge in [-0.25, -0.2) is 9.97 Å². The van der Waals surface area contributed by atoms with Crippen LogP contribution in [-0.4, -0.2) is 94.0 Å². The zero-order valence-electron chi connectivity index (χ0n) is 27.9. The fourth-order valence-electron chi connectivity index (χ4n) is 6.82. The Bertz CT molecular complexity index is 1920. The number of rotatable bonds is 12. The van der Waals surface area contributed by atoms with Gasteiger partial charge in [0.05, 0.1) is 54.1 Å². The molecule has 0 radical (unpaired) electrons. The molecule has 14 heteroatoms. The second-order valence-electron chi connectivity index (χ2n) is 12.7. The molecule has 3 fully saturated rings. The minimum absolute atomic E-state index is 0.0822. The number of carbonyl (C=O) groups excluding carboxylic acids is 2. The normalized spacial score (nSPS) is 18.0. The highest BCUT2D eigenvalue weighted by Gasteiger charge is 2.37. The molecule has 12 nitrogen and oxygen atoms in total. The minimum Gasteiger partial charge on any atom is -0.480 e. The van der Waals surface area contributed by atoms with Crippen molar-refractivity contribution in [1.29, 1.82) is 0 Å². The molecule has 0 bridgehead atoms. The van der Waals surface area contributed by atoms with Gasteiger partial charge >= 0.3 is 0 Å². The topological polar surface area (TPSA) is 135 Å². The third-order valence-electron chi connectivity index (χ3n) is 9.48. The van der Waals surface area contributed by atoms with Gasteiger partial charge in [-0.05, 0) is 12.8 Å². The van der Waals surface area contributed by atoms with E-state index >= 15 is 0 Å². The summed E-state index contributed by atoms with van der Waals surface area (Å²) in [4.78, 5) is 46.7. The summed E-state index contributed by atoms with van der Waals surface area (Å²) < 4.78 is 11.2. The van der Waals surface area contributed by atoms with Crippen molar-refractivity contribution in [2.45, 2.75) is 50.9 Å². The fourth-order valence-corrected chi connectivity index (χ4v) is 7.47. The van der Waals surface area contributed by atoms with Crippen LogP contribution < -0.4 is 20.1 Å². The van der Waals surface area contributed by atoms with Crippen LogP contribution in [0.1, 0.15) is 37.1 Å². The number of halogens is 2. The second-order valence-corrected chi connectivity index (χ2v) is 13.5. The molecule has 2 aromatic heterocycles. The molecule has 50 heavy (non-hydrogen) atoms. The van der Waals surface area contributed by atoms with Crippen molar-refractivity contribution in [1.82, 2.24) is 40.4 Å². The molecule has 260 valence electrons. The quantitative estimate of drug-likeness (QED) is 0.211. The molecule has 3 aliphatic rings. The number of hydrogen-bond donors (Lipinski definition) is 2. The molecule has 1 atom stereocenters. The van der Waals surface area contributed by atoms with Gasteiger partial charge in [0.2, 0.25) is 23.6 Å². The predicted octanol–water partition coefficient (Wildman–Crippen LogP) is 4.77. The first-order chi connectivity index (χ1) is 24.3. The molecule has 3 saturated heterocycles. The summed E-state index contributed by atoms with van der Waals surface area (Å²) in [5.41, 5.74) is 5.33. The number of nitrogens with zero attached hydrogens (tertiary/aromatic N) is 6. The van der Waals surface area contributed by atoms with Crippen LogP contribution in [-0.2, 0) is 22.7 Å². The Hall–Kier alpha value is -4.36. The van der Waals surface area contributed by atoms with Gasteiger partial charge in [0.1, 0.15) is 11.4 Å². The maximum absolute atomic E-state index is 12.1. The zero-order chi connectivity index (χ0) is 34.8.